The summed E-state index contributed by atoms with van der Waals surface area (Å²) in [6.45, 7) is 1.93. The van der Waals surface area contributed by atoms with E-state index in [4.69, 9.17) is 21.6 Å². The molecule has 0 aliphatic rings. The van der Waals surface area contributed by atoms with Crippen molar-refractivity contribution in [1.82, 2.24) is 19.7 Å². The summed E-state index contributed by atoms with van der Waals surface area (Å²) in [4.78, 5) is 36.5. The Morgan fingerprint density at radius 1 is 0.902 bits per heavy atom. The fourth-order valence-corrected chi connectivity index (χ4v) is 4.74. The minimum Gasteiger partial charge on any atom is -0.371 e. The zero-order chi connectivity index (χ0) is 29.0. The molecule has 7 nitrogen and oxygen atoms in total. The molecule has 0 aliphatic carbocycles. The van der Waals surface area contributed by atoms with Crippen molar-refractivity contribution in [3.63, 3.8) is 0 Å². The number of carbonyl (C=O) groups excluding carboxylic acids is 2. The number of nitrogens with zero attached hydrogens (tertiary/aromatic N) is 3. The second-order valence-corrected chi connectivity index (χ2v) is 9.96. The Hall–Kier alpha value is -4.53. The molecule has 0 bridgehead atoms. The molecule has 0 aliphatic heterocycles. The third-order valence-corrected chi connectivity index (χ3v) is 7.00. The molecule has 0 atom stereocenters. The van der Waals surface area contributed by atoms with E-state index >= 15 is 0 Å². The van der Waals surface area contributed by atoms with Crippen LogP contribution < -0.4 is 10.0 Å². The summed E-state index contributed by atoms with van der Waals surface area (Å²) >= 11 is 7.86. The Kier molecular flexibility index (Phi) is 10.6. The molecule has 9 heteroatoms. The van der Waals surface area contributed by atoms with Gasteiger partial charge in [0.05, 0.1) is 21.9 Å². The number of nitrogens with one attached hydrogen (secondary N) is 2. The summed E-state index contributed by atoms with van der Waals surface area (Å²) in [5.74, 6) is 0.601. The zero-order valence-corrected chi connectivity index (χ0v) is 24.1. The number of hydrogen-bond donors (Lipinski definition) is 2. The lowest BCUT2D eigenvalue weighted by Crippen LogP contribution is -2.04. The van der Waals surface area contributed by atoms with Gasteiger partial charge in [0.2, 0.25) is 6.41 Å². The lowest BCUT2D eigenvalue weighted by atomic mass is 10.0. The quantitative estimate of drug-likeness (QED) is 0.106. The van der Waals surface area contributed by atoms with Gasteiger partial charge in [-0.3, -0.25) is 19.3 Å². The van der Waals surface area contributed by atoms with Crippen LogP contribution in [0.15, 0.2) is 102 Å². The number of aldehydes is 1. The van der Waals surface area contributed by atoms with Crippen LogP contribution in [-0.2, 0) is 9.59 Å². The van der Waals surface area contributed by atoms with Gasteiger partial charge in [-0.2, -0.15) is 0 Å². The highest BCUT2D eigenvalue weighted by molar-refractivity contribution is 7.97. The summed E-state index contributed by atoms with van der Waals surface area (Å²) in [6, 6.07) is 27.3. The van der Waals surface area contributed by atoms with Crippen LogP contribution in [0.4, 0.5) is 5.82 Å². The third-order valence-electron chi connectivity index (χ3n) is 5.99. The van der Waals surface area contributed by atoms with E-state index < -0.39 is 0 Å². The highest BCUT2D eigenvalue weighted by Gasteiger charge is 2.17. The monoisotopic (exact) mass is 581 g/mol. The fourth-order valence-electron chi connectivity index (χ4n) is 3.99. The molecule has 0 saturated heterocycles. The van der Waals surface area contributed by atoms with E-state index in [1.54, 1.807) is 19.3 Å². The van der Waals surface area contributed by atoms with Crippen molar-refractivity contribution in [2.45, 2.75) is 18.2 Å². The van der Waals surface area contributed by atoms with Crippen molar-refractivity contribution >= 4 is 59.0 Å². The van der Waals surface area contributed by atoms with Crippen molar-refractivity contribution < 1.29 is 9.59 Å². The van der Waals surface area contributed by atoms with Gasteiger partial charge in [-0.1, -0.05) is 73.1 Å². The van der Waals surface area contributed by atoms with E-state index in [-0.39, 0.29) is 0 Å². The summed E-state index contributed by atoms with van der Waals surface area (Å²) in [7, 11) is 1.79. The second kappa shape index (κ2) is 14.7. The molecule has 2 heterocycles. The minimum absolute atomic E-state index is 0.547. The van der Waals surface area contributed by atoms with Crippen LogP contribution in [0.5, 0.6) is 0 Å². The lowest BCUT2D eigenvalue weighted by Gasteiger charge is -2.14. The zero-order valence-electron chi connectivity index (χ0n) is 22.5. The van der Waals surface area contributed by atoms with E-state index in [2.05, 4.69) is 15.0 Å². The largest absolute Gasteiger partial charge is 0.371 e. The van der Waals surface area contributed by atoms with Crippen LogP contribution >= 0.6 is 23.5 Å². The maximum Gasteiger partial charge on any atom is 0.217 e. The van der Waals surface area contributed by atoms with Crippen LogP contribution in [0.3, 0.4) is 0 Å². The average molecular weight is 582 g/mol. The Labute approximate surface area is 248 Å². The molecule has 0 saturated carbocycles. The van der Waals surface area contributed by atoms with E-state index in [0.29, 0.717) is 40.6 Å². The molecular weight excluding hydrogens is 554 g/mol. The fraction of sp³-hybridized carbons (Fsp3) is 0.0938. The summed E-state index contributed by atoms with van der Waals surface area (Å²) < 4.78 is 2.50. The van der Waals surface area contributed by atoms with E-state index in [1.165, 1.54) is 11.9 Å². The molecule has 2 N–H and O–H groups in total. The summed E-state index contributed by atoms with van der Waals surface area (Å²) in [5.41, 5.74) is 5.16. The van der Waals surface area contributed by atoms with Crippen LogP contribution in [-0.4, -0.2) is 34.7 Å². The molecule has 5 rings (SSSR count). The van der Waals surface area contributed by atoms with Crippen molar-refractivity contribution in [3.8, 4) is 22.5 Å². The minimum atomic E-state index is 0.547. The number of rotatable bonds is 9. The highest BCUT2D eigenvalue weighted by Crippen LogP contribution is 2.35. The van der Waals surface area contributed by atoms with Gasteiger partial charge in [0.25, 0.3) is 0 Å². The van der Waals surface area contributed by atoms with Crippen LogP contribution in [0, 0.1) is 0 Å². The Bertz CT molecular complexity index is 1660. The summed E-state index contributed by atoms with van der Waals surface area (Å²) in [6.07, 6.45) is 5.62. The number of amides is 1. The van der Waals surface area contributed by atoms with Crippen LogP contribution in [0.2, 0.25) is 5.02 Å². The number of aromatic nitrogens is 3. The Morgan fingerprint density at radius 3 is 2.27 bits per heavy atom. The standard InChI is InChI=1S/C25H21ClN4O.C7H7NOS/c1-3-16(15-31)12-21-25(27-2)30-23(17-8-5-4-6-9-17)24(29-21)19-13-18-10-7-11-28-22(18)20(26)14-19;9-6-8-10-7-4-2-1-3-5-7/h4-15H,3H2,1-2H3,(H,27,30);1-6H,(H,8,9)/b16-12-;. The molecule has 3 aromatic carbocycles. The predicted octanol–water partition coefficient (Wildman–Crippen LogP) is 7.49. The number of anilines is 1. The van der Waals surface area contributed by atoms with Gasteiger partial charge in [0.1, 0.15) is 12.0 Å². The van der Waals surface area contributed by atoms with Crippen LogP contribution in [0.25, 0.3) is 39.5 Å². The molecule has 0 unspecified atom stereocenters. The number of benzene rings is 3. The SMILES string of the molecule is CC/C(C=O)=C/c1nc(-c2cc(Cl)c3ncccc3c2)c(-c2ccccc2)nc1NC.O=CNSc1ccccc1. The number of pyridine rings is 1. The number of fused-ring (bicyclic) bond motifs is 1. The highest BCUT2D eigenvalue weighted by atomic mass is 35.5. The number of halogens is 1. The smallest absolute Gasteiger partial charge is 0.217 e. The third kappa shape index (κ3) is 7.57. The van der Waals surface area contributed by atoms with Gasteiger partial charge in [0, 0.05) is 34.7 Å². The van der Waals surface area contributed by atoms with Crippen molar-refractivity contribution in [3.05, 3.63) is 107 Å². The van der Waals surface area contributed by atoms with Gasteiger partial charge in [-0.05, 0) is 60.3 Å². The molecule has 1 amide bonds. The molecule has 2 aromatic heterocycles. The number of allylic oxidation sites excluding steroid dienone is 1. The predicted molar refractivity (Wildman–Crippen MR) is 169 cm³/mol. The number of hydrogen-bond acceptors (Lipinski definition) is 7. The van der Waals surface area contributed by atoms with Gasteiger partial charge in [0.15, 0.2) is 5.82 Å². The Morgan fingerprint density at radius 2 is 1.61 bits per heavy atom. The molecule has 0 spiro atoms. The van der Waals surface area contributed by atoms with E-state index in [0.717, 1.165) is 38.9 Å². The first kappa shape index (κ1) is 29.5. The first-order valence-corrected chi connectivity index (χ1v) is 14.0. The Balaban J connectivity index is 0.000000328. The number of carbonyl (C=O) groups is 2. The molecular formula is C32H28ClN5O2S. The molecule has 0 fully saturated rings. The maximum atomic E-state index is 11.4. The van der Waals surface area contributed by atoms with Crippen molar-refractivity contribution in [2.24, 2.45) is 0 Å². The molecule has 0 radical (unpaired) electrons. The lowest BCUT2D eigenvalue weighted by molar-refractivity contribution is -0.108. The van der Waals surface area contributed by atoms with Gasteiger partial charge >= 0.3 is 0 Å². The van der Waals surface area contributed by atoms with Gasteiger partial charge in [-0.15, -0.1) is 0 Å². The normalized spacial score (nSPS) is 10.9. The van der Waals surface area contributed by atoms with E-state index in [9.17, 15) is 9.59 Å². The van der Waals surface area contributed by atoms with E-state index in [1.807, 2.05) is 91.9 Å². The average Bonchev–Trinajstić information content (AvgIpc) is 3.03. The summed E-state index contributed by atoms with van der Waals surface area (Å²) in [5, 5.41) is 4.58. The topological polar surface area (TPSA) is 96.9 Å². The van der Waals surface area contributed by atoms with Crippen molar-refractivity contribution in [1.29, 1.82) is 0 Å². The van der Waals surface area contributed by atoms with Crippen LogP contribution in [0.1, 0.15) is 19.0 Å². The van der Waals surface area contributed by atoms with Gasteiger partial charge in [-0.25, -0.2) is 9.97 Å². The molecule has 206 valence electrons. The molecule has 5 aromatic rings. The van der Waals surface area contributed by atoms with Crippen molar-refractivity contribution in [2.75, 3.05) is 12.4 Å². The maximum absolute atomic E-state index is 11.4. The first-order chi connectivity index (χ1) is 20.1. The first-order valence-electron chi connectivity index (χ1n) is 12.8. The molecule has 41 heavy (non-hydrogen) atoms. The van der Waals surface area contributed by atoms with Gasteiger partial charge < -0.3 is 5.32 Å². The second-order valence-electron chi connectivity index (χ2n) is 8.65.